The van der Waals surface area contributed by atoms with Crippen LogP contribution in [0.1, 0.15) is 30.7 Å². The van der Waals surface area contributed by atoms with E-state index in [9.17, 15) is 4.79 Å². The summed E-state index contributed by atoms with van der Waals surface area (Å²) in [7, 11) is 3.52. The number of fused-ring (bicyclic) bond motifs is 1. The Balaban J connectivity index is 0.00000306. The minimum Gasteiger partial charge on any atom is -0.354 e. The molecule has 10 heteroatoms. The van der Waals surface area contributed by atoms with Gasteiger partial charge < -0.3 is 15.5 Å². The smallest absolute Gasteiger partial charge is 0.243 e. The summed E-state index contributed by atoms with van der Waals surface area (Å²) in [5.41, 5.74) is 1.36. The van der Waals surface area contributed by atoms with Crippen molar-refractivity contribution in [3.05, 3.63) is 48.0 Å². The molecule has 1 aromatic carbocycles. The monoisotopic (exact) mass is 566 g/mol. The second-order valence-electron chi connectivity index (χ2n) is 8.87. The summed E-state index contributed by atoms with van der Waals surface area (Å²) in [6.45, 7) is 3.97. The minimum atomic E-state index is -0.00835. The summed E-state index contributed by atoms with van der Waals surface area (Å²) in [5.74, 6) is 1.74. The van der Waals surface area contributed by atoms with Gasteiger partial charge in [0.05, 0.1) is 6.54 Å². The third-order valence-electron chi connectivity index (χ3n) is 6.19. The molecule has 1 fully saturated rings. The van der Waals surface area contributed by atoms with Gasteiger partial charge in [0.25, 0.3) is 0 Å². The van der Waals surface area contributed by atoms with Crippen LogP contribution >= 0.6 is 24.0 Å². The number of carbonyl (C=O) groups excluding carboxylic acids is 1. The number of nitrogens with zero attached hydrogens (tertiary/aromatic N) is 6. The van der Waals surface area contributed by atoms with Gasteiger partial charge in [0.2, 0.25) is 5.91 Å². The van der Waals surface area contributed by atoms with E-state index in [0.29, 0.717) is 6.04 Å². The summed E-state index contributed by atoms with van der Waals surface area (Å²) in [4.78, 5) is 25.1. The van der Waals surface area contributed by atoms with Gasteiger partial charge in [0.15, 0.2) is 5.96 Å². The third kappa shape index (κ3) is 7.39. The Morgan fingerprint density at radius 2 is 1.85 bits per heavy atom. The zero-order valence-corrected chi connectivity index (χ0v) is 21.8. The minimum absolute atomic E-state index is 0. The van der Waals surface area contributed by atoms with Crippen LogP contribution in [-0.4, -0.2) is 82.2 Å². The predicted octanol–water partition coefficient (Wildman–Crippen LogP) is 1.50. The van der Waals surface area contributed by atoms with Crippen LogP contribution in [0.2, 0.25) is 0 Å². The quantitative estimate of drug-likeness (QED) is 0.313. The Hall–Kier alpha value is -2.21. The summed E-state index contributed by atoms with van der Waals surface area (Å²) in [6, 6.07) is 11.2. The van der Waals surface area contributed by atoms with Crippen LogP contribution < -0.4 is 10.6 Å². The molecule has 1 amide bonds. The number of rotatable bonds is 6. The van der Waals surface area contributed by atoms with Gasteiger partial charge in [-0.3, -0.25) is 9.69 Å². The van der Waals surface area contributed by atoms with Gasteiger partial charge in [-0.05, 0) is 24.8 Å². The topological polar surface area (TPSA) is 90.7 Å². The summed E-state index contributed by atoms with van der Waals surface area (Å²) < 4.78 is 1.95. The molecule has 1 atom stereocenters. The van der Waals surface area contributed by atoms with Crippen molar-refractivity contribution in [3.8, 4) is 0 Å². The molecule has 2 aliphatic rings. The highest BCUT2D eigenvalue weighted by molar-refractivity contribution is 14.0. The average Bonchev–Trinajstić information content (AvgIpc) is 3.27. The van der Waals surface area contributed by atoms with E-state index >= 15 is 0 Å². The number of nitrogens with one attached hydrogen (secondary N) is 2. The molecule has 2 aliphatic heterocycles. The fourth-order valence-electron chi connectivity index (χ4n) is 4.24. The average molecular weight is 566 g/mol. The fraction of sp³-hybridized carbons (Fsp3) is 0.565. The van der Waals surface area contributed by atoms with Crippen molar-refractivity contribution in [2.75, 3.05) is 33.7 Å². The molecule has 1 unspecified atom stereocenters. The van der Waals surface area contributed by atoms with E-state index in [1.165, 1.54) is 5.56 Å². The molecule has 180 valence electrons. The van der Waals surface area contributed by atoms with Crippen molar-refractivity contribution in [2.45, 2.75) is 50.9 Å². The van der Waals surface area contributed by atoms with Gasteiger partial charge in [-0.25, -0.2) is 14.7 Å². The van der Waals surface area contributed by atoms with Crippen LogP contribution in [-0.2, 0) is 24.3 Å². The van der Waals surface area contributed by atoms with Crippen molar-refractivity contribution in [2.24, 2.45) is 4.99 Å². The number of hydrogen-bond acceptors (Lipinski definition) is 5. The molecule has 4 rings (SSSR count). The van der Waals surface area contributed by atoms with Crippen molar-refractivity contribution in [3.63, 3.8) is 0 Å². The maximum atomic E-state index is 12.1. The molecule has 1 saturated heterocycles. The number of benzene rings is 1. The highest BCUT2D eigenvalue weighted by Gasteiger charge is 2.24. The molecule has 9 nitrogen and oxygen atoms in total. The van der Waals surface area contributed by atoms with E-state index in [4.69, 9.17) is 0 Å². The lowest BCUT2D eigenvalue weighted by Gasteiger charge is -2.34. The van der Waals surface area contributed by atoms with Crippen molar-refractivity contribution in [1.29, 1.82) is 0 Å². The maximum absolute atomic E-state index is 12.1. The van der Waals surface area contributed by atoms with Gasteiger partial charge in [-0.1, -0.05) is 30.3 Å². The number of carbonyl (C=O) groups is 1. The number of aryl methyl sites for hydroxylation is 1. The first-order valence-electron chi connectivity index (χ1n) is 11.5. The highest BCUT2D eigenvalue weighted by Crippen LogP contribution is 2.15. The summed E-state index contributed by atoms with van der Waals surface area (Å²) in [5, 5.41) is 11.5. The Kier molecular flexibility index (Phi) is 9.48. The van der Waals surface area contributed by atoms with Crippen LogP contribution in [0.15, 0.2) is 41.7 Å². The molecule has 0 aliphatic carbocycles. The van der Waals surface area contributed by atoms with Crippen molar-refractivity contribution >= 4 is 35.8 Å². The number of likely N-dealkylation sites (N-methyl/N-ethyl adjacent to an activating group) is 1. The molecule has 2 aromatic rings. The molecule has 0 spiro atoms. The van der Waals surface area contributed by atoms with E-state index in [0.717, 1.165) is 63.6 Å². The Morgan fingerprint density at radius 3 is 2.58 bits per heavy atom. The molecular formula is C23H35IN8O. The van der Waals surface area contributed by atoms with E-state index in [-0.39, 0.29) is 42.5 Å². The predicted molar refractivity (Wildman–Crippen MR) is 140 cm³/mol. The molecule has 0 saturated carbocycles. The number of halogens is 1. The van der Waals surface area contributed by atoms with E-state index < -0.39 is 0 Å². The molecule has 0 bridgehead atoms. The first kappa shape index (κ1) is 25.4. The van der Waals surface area contributed by atoms with Gasteiger partial charge >= 0.3 is 0 Å². The van der Waals surface area contributed by atoms with Crippen LogP contribution in [0.4, 0.5) is 0 Å². The zero-order valence-electron chi connectivity index (χ0n) is 19.5. The Morgan fingerprint density at radius 1 is 1.12 bits per heavy atom. The first-order valence-corrected chi connectivity index (χ1v) is 11.5. The van der Waals surface area contributed by atoms with Gasteiger partial charge in [0, 0.05) is 52.2 Å². The standard InChI is InChI=1S/C23H34N8O.HI/c1-29(2)22(32)14-24-23(28-20-8-9-21-25-17-26-31(21)16-20)27-19-10-12-30(13-11-19)15-18-6-4-3-5-7-18;/h3-7,17,19-20H,8-16H2,1-2H3,(H2,24,27,28);1H. The number of hydrogen-bond donors (Lipinski definition) is 2. The Labute approximate surface area is 213 Å². The Bertz CT molecular complexity index is 908. The lowest BCUT2D eigenvalue weighted by Crippen LogP contribution is -2.52. The first-order chi connectivity index (χ1) is 15.6. The van der Waals surface area contributed by atoms with Crippen molar-refractivity contribution in [1.82, 2.24) is 35.2 Å². The van der Waals surface area contributed by atoms with E-state index in [1.807, 2.05) is 4.68 Å². The van der Waals surface area contributed by atoms with E-state index in [1.54, 1.807) is 25.3 Å². The number of piperidine rings is 1. The lowest BCUT2D eigenvalue weighted by atomic mass is 10.0. The van der Waals surface area contributed by atoms with Gasteiger partial charge in [-0.2, -0.15) is 5.10 Å². The van der Waals surface area contributed by atoms with Crippen LogP contribution in [0.25, 0.3) is 0 Å². The van der Waals surface area contributed by atoms with Gasteiger partial charge in [0.1, 0.15) is 18.7 Å². The molecule has 3 heterocycles. The second-order valence-corrected chi connectivity index (χ2v) is 8.87. The van der Waals surface area contributed by atoms with E-state index in [2.05, 4.69) is 60.9 Å². The molecular weight excluding hydrogens is 531 g/mol. The maximum Gasteiger partial charge on any atom is 0.243 e. The number of likely N-dealkylation sites (tertiary alicyclic amines) is 1. The molecule has 33 heavy (non-hydrogen) atoms. The highest BCUT2D eigenvalue weighted by atomic mass is 127. The number of amides is 1. The lowest BCUT2D eigenvalue weighted by molar-refractivity contribution is -0.127. The SMILES string of the molecule is CN(C)C(=O)CN=C(NC1CCN(Cc2ccccc2)CC1)NC1CCc2ncnn2C1.I. The molecule has 0 radical (unpaired) electrons. The summed E-state index contributed by atoms with van der Waals surface area (Å²) in [6.07, 6.45) is 5.57. The number of aliphatic imine (C=N–C) groups is 1. The van der Waals surface area contributed by atoms with Crippen molar-refractivity contribution < 1.29 is 4.79 Å². The third-order valence-corrected chi connectivity index (χ3v) is 6.19. The zero-order chi connectivity index (χ0) is 22.3. The molecule has 2 N–H and O–H groups in total. The van der Waals surface area contributed by atoms with Crippen LogP contribution in [0.5, 0.6) is 0 Å². The number of guanidine groups is 1. The normalized spacial score (nSPS) is 19.3. The fourth-order valence-corrected chi connectivity index (χ4v) is 4.24. The van der Waals surface area contributed by atoms with Gasteiger partial charge in [-0.15, -0.1) is 24.0 Å². The second kappa shape index (κ2) is 12.3. The number of aromatic nitrogens is 3. The van der Waals surface area contributed by atoms with Crippen LogP contribution in [0.3, 0.4) is 0 Å². The molecule has 1 aromatic heterocycles. The summed E-state index contributed by atoms with van der Waals surface area (Å²) >= 11 is 0. The largest absolute Gasteiger partial charge is 0.354 e. The van der Waals surface area contributed by atoms with Crippen LogP contribution in [0, 0.1) is 0 Å².